The zero-order valence-corrected chi connectivity index (χ0v) is 47.4. The molecule has 2 radical (unpaired) electrons. The summed E-state index contributed by atoms with van der Waals surface area (Å²) in [5.74, 6) is 0. The van der Waals surface area contributed by atoms with E-state index in [0.717, 1.165) is 12.8 Å². The molecule has 2 N–H and O–H groups in total. The number of rotatable bonds is 5. The molecular weight excluding hydrogens is 963 g/mol. The van der Waals surface area contributed by atoms with E-state index in [1.54, 1.807) is 0 Å². The first kappa shape index (κ1) is 60.7. The third-order valence-corrected chi connectivity index (χ3v) is 11.0. The van der Waals surface area contributed by atoms with Crippen LogP contribution in [0.4, 0.5) is 5.69 Å². The van der Waals surface area contributed by atoms with Gasteiger partial charge in [-0.3, -0.25) is 0 Å². The number of nitrogens with two attached hydrogens (primary N) is 1. The van der Waals surface area contributed by atoms with Crippen LogP contribution in [0.1, 0.15) is 90.6 Å². The second-order valence-corrected chi connectivity index (χ2v) is 14.7. The molecule has 0 spiro atoms. The topological polar surface area (TPSA) is 29.3 Å². The number of nitrogens with zero attached hydrogens (tertiary/aromatic N) is 1. The molecule has 0 aromatic heterocycles. The van der Waals surface area contributed by atoms with Gasteiger partial charge in [0, 0.05) is 85.2 Å². The molecule has 0 saturated carbocycles. The average molecular weight is 1040 g/mol. The maximum absolute atomic E-state index is 4.50. The van der Waals surface area contributed by atoms with Gasteiger partial charge in [0.15, 0.2) is 0 Å². The van der Waals surface area contributed by atoms with Crippen molar-refractivity contribution in [3.63, 3.8) is 0 Å². The summed E-state index contributed by atoms with van der Waals surface area (Å²) in [4.78, 5) is 2.13. The van der Waals surface area contributed by atoms with Gasteiger partial charge < -0.3 is 10.6 Å². The normalized spacial score (nSPS) is 9.99. The maximum Gasteiger partial charge on any atom is 0.0361 e. The Morgan fingerprint density at radius 2 is 0.597 bits per heavy atom. The fourth-order valence-corrected chi connectivity index (χ4v) is 8.00. The van der Waals surface area contributed by atoms with Gasteiger partial charge >= 0.3 is 0 Å². The summed E-state index contributed by atoms with van der Waals surface area (Å²) in [6.07, 6.45) is 2.01. The van der Waals surface area contributed by atoms with Crippen molar-refractivity contribution in [1.29, 1.82) is 0 Å². The van der Waals surface area contributed by atoms with Crippen molar-refractivity contribution in [3.8, 4) is 66.8 Å². The third-order valence-electron chi connectivity index (χ3n) is 11.0. The minimum Gasteiger partial charge on any atom is -0.378 e. The fraction of sp³-hybridized carbons (Fsp3) is 0.238. The Morgan fingerprint density at radius 3 is 0.866 bits per heavy atom. The van der Waals surface area contributed by atoms with Gasteiger partial charge in [0.1, 0.15) is 0 Å². The average Bonchev–Trinajstić information content (AvgIpc) is 3.94. The van der Waals surface area contributed by atoms with Crippen LogP contribution < -0.4 is 10.6 Å². The monoisotopic (exact) mass is 1040 g/mol. The first-order valence-corrected chi connectivity index (χ1v) is 23.3. The zero-order valence-electron chi connectivity index (χ0n) is 41.8. The van der Waals surface area contributed by atoms with Crippen LogP contribution in [0.5, 0.6) is 0 Å². The van der Waals surface area contributed by atoms with Gasteiger partial charge in [0.2, 0.25) is 0 Å². The van der Waals surface area contributed by atoms with Gasteiger partial charge in [-0.2, -0.15) is 60.7 Å². The van der Waals surface area contributed by atoms with Crippen LogP contribution in [-0.2, 0) is 78.3 Å². The Bertz CT molecular complexity index is 2530. The Labute approximate surface area is 457 Å². The number of hydrogen-bond acceptors (Lipinski definition) is 2. The predicted molar refractivity (Wildman–Crippen MR) is 290 cm³/mol. The van der Waals surface area contributed by atoms with Gasteiger partial charge in [0.05, 0.1) is 0 Å². The summed E-state index contributed by atoms with van der Waals surface area (Å²) in [6.45, 7) is 18.1. The van der Waals surface area contributed by atoms with E-state index < -0.39 is 0 Å². The van der Waals surface area contributed by atoms with Crippen LogP contribution in [0.15, 0.2) is 170 Å². The van der Waals surface area contributed by atoms with Gasteiger partial charge in [-0.15, -0.1) is 11.1 Å². The van der Waals surface area contributed by atoms with Gasteiger partial charge in [-0.05, 0) is 117 Å². The zero-order chi connectivity index (χ0) is 46.6. The van der Waals surface area contributed by atoms with Crippen molar-refractivity contribution >= 4 is 5.69 Å². The molecule has 0 aliphatic heterocycles. The summed E-state index contributed by atoms with van der Waals surface area (Å²) >= 11 is 0. The maximum atomic E-state index is 4.50. The Balaban J connectivity index is 0.000000548. The first-order chi connectivity index (χ1) is 31.5. The van der Waals surface area contributed by atoms with Gasteiger partial charge in [-0.1, -0.05) is 178 Å². The van der Waals surface area contributed by atoms with Crippen LogP contribution in [0.2, 0.25) is 0 Å². The molecule has 0 heterocycles. The van der Waals surface area contributed by atoms with Crippen LogP contribution in [0.25, 0.3) is 66.8 Å². The number of fused-ring (bicyclic) bond motifs is 6. The predicted octanol–water partition coefficient (Wildman–Crippen LogP) is 17.5. The number of aryl methyl sites for hydroxylation is 1. The van der Waals surface area contributed by atoms with Crippen molar-refractivity contribution in [2.24, 2.45) is 5.73 Å². The molecule has 8 aromatic rings. The Morgan fingerprint density at radius 1 is 0.358 bits per heavy atom. The van der Waals surface area contributed by atoms with Crippen molar-refractivity contribution in [2.45, 2.75) is 82.6 Å². The standard InChI is InChI=1S/C28H25N.C25H16.4C2H6.CH5N.CH4.2Y/c1-19-4-6-20(7-5-19)22-10-14-27-24(16-22)18-25-17-23(11-15-28(25)27)21-8-12-26(13-9-21)29(2)3;1-3-7-18(8-4-1)20-11-13-24-22(15-20)17-23-16-21(12-14-25(23)24)19-9-5-2-6-10-19;5*1-2;;;/h4-17H,18H2,1-3H3;3-16H,17H2;4*1-2H3;2H2,1H3;1H4;;/q;-2;;;;;;;;. The molecule has 67 heavy (non-hydrogen) atoms. The molecule has 2 aliphatic rings. The van der Waals surface area contributed by atoms with E-state index >= 15 is 0 Å². The van der Waals surface area contributed by atoms with Crippen molar-refractivity contribution in [2.75, 3.05) is 26.0 Å². The molecular formula is C63H74N2Y2-2. The molecule has 0 unspecified atom stereocenters. The fourth-order valence-electron chi connectivity index (χ4n) is 8.00. The van der Waals surface area contributed by atoms with E-state index in [2.05, 4.69) is 189 Å². The van der Waals surface area contributed by atoms with E-state index in [9.17, 15) is 0 Å². The van der Waals surface area contributed by atoms with E-state index in [1.807, 2.05) is 79.7 Å². The largest absolute Gasteiger partial charge is 0.378 e. The van der Waals surface area contributed by atoms with E-state index in [4.69, 9.17) is 0 Å². The van der Waals surface area contributed by atoms with E-state index in [0.29, 0.717) is 0 Å². The third kappa shape index (κ3) is 15.4. The van der Waals surface area contributed by atoms with Gasteiger partial charge in [0.25, 0.3) is 0 Å². The number of hydrogen-bond donors (Lipinski definition) is 1. The second-order valence-electron chi connectivity index (χ2n) is 14.7. The molecule has 2 nitrogen and oxygen atoms in total. The summed E-state index contributed by atoms with van der Waals surface area (Å²) in [6, 6.07) is 67.7. The Hall–Kier alpha value is -4.27. The van der Waals surface area contributed by atoms with Gasteiger partial charge in [-0.25, -0.2) is 0 Å². The van der Waals surface area contributed by atoms with E-state index in [-0.39, 0.29) is 72.8 Å². The Kier molecular flexibility index (Phi) is 28.7. The molecule has 0 fully saturated rings. The quantitative estimate of drug-likeness (QED) is 0.174. The molecule has 0 atom stereocenters. The molecule has 344 valence electrons. The molecule has 10 rings (SSSR count). The molecule has 0 bridgehead atoms. The van der Waals surface area contributed by atoms with Crippen LogP contribution in [0, 0.1) is 19.1 Å². The van der Waals surface area contributed by atoms with E-state index in [1.165, 1.54) is 107 Å². The molecule has 0 amide bonds. The van der Waals surface area contributed by atoms with Crippen molar-refractivity contribution < 1.29 is 65.4 Å². The number of anilines is 1. The summed E-state index contributed by atoms with van der Waals surface area (Å²) in [7, 11) is 5.65. The summed E-state index contributed by atoms with van der Waals surface area (Å²) in [5, 5.41) is 0. The smallest absolute Gasteiger partial charge is 0.0361 e. The molecule has 8 aromatic carbocycles. The summed E-state index contributed by atoms with van der Waals surface area (Å²) < 4.78 is 0. The van der Waals surface area contributed by atoms with Crippen molar-refractivity contribution in [3.05, 3.63) is 210 Å². The SMILES string of the molecule is C.CC.CC.CC.CC.CN.Cc1ccc(-c2ccc3c(c2)Cc2cc(-c4ccc(N(C)C)cc4)ccc2-3)cc1.[Y].[Y].[c-]1ccc(-c2ccc3c(c2)Cc2cc(-c4cc[c-]cc4)ccc2-3)cc1. The second kappa shape index (κ2) is 31.7. The minimum absolute atomic E-state index is 0. The number of benzene rings is 8. The van der Waals surface area contributed by atoms with Crippen molar-refractivity contribution in [1.82, 2.24) is 0 Å². The molecule has 0 saturated heterocycles. The van der Waals surface area contributed by atoms with Crippen LogP contribution in [-0.4, -0.2) is 21.1 Å². The summed E-state index contributed by atoms with van der Waals surface area (Å²) in [5.41, 5.74) is 28.4. The minimum atomic E-state index is 0. The first-order valence-electron chi connectivity index (χ1n) is 23.3. The molecule has 4 heteroatoms. The molecule has 2 aliphatic carbocycles. The van der Waals surface area contributed by atoms with Crippen LogP contribution >= 0.6 is 0 Å². The van der Waals surface area contributed by atoms with Crippen LogP contribution in [0.3, 0.4) is 0 Å².